The van der Waals surface area contributed by atoms with Crippen LogP contribution in [0.1, 0.15) is 11.1 Å². The first-order chi connectivity index (χ1) is 7.58. The second-order valence-electron chi connectivity index (χ2n) is 3.08. The number of aryl methyl sites for hydroxylation is 1. The van der Waals surface area contributed by atoms with E-state index in [0.717, 1.165) is 0 Å². The molecule has 5 nitrogen and oxygen atoms in total. The van der Waals surface area contributed by atoms with Crippen LogP contribution in [0.15, 0.2) is 23.8 Å². The summed E-state index contributed by atoms with van der Waals surface area (Å²) in [6.45, 7) is 1.63. The molecule has 0 unspecified atom stereocenters. The largest absolute Gasteiger partial charge is 0.272 e. The van der Waals surface area contributed by atoms with E-state index in [9.17, 15) is 10.1 Å². The van der Waals surface area contributed by atoms with Crippen LogP contribution in [-0.4, -0.2) is 4.92 Å². The molecule has 0 bridgehead atoms. The van der Waals surface area contributed by atoms with Crippen LogP contribution in [0.5, 0.6) is 0 Å². The molecule has 0 amide bonds. The molecule has 0 spiro atoms. The van der Waals surface area contributed by atoms with Crippen LogP contribution < -0.4 is 0 Å². The number of hydrogen-bond donors (Lipinski definition) is 0. The van der Waals surface area contributed by atoms with Gasteiger partial charge in [0.1, 0.15) is 17.7 Å². The molecule has 0 saturated heterocycles. The van der Waals surface area contributed by atoms with Crippen molar-refractivity contribution in [1.82, 2.24) is 0 Å². The second-order valence-corrected chi connectivity index (χ2v) is 3.08. The van der Waals surface area contributed by atoms with Gasteiger partial charge in [-0.25, -0.2) is 0 Å². The quantitative estimate of drug-likeness (QED) is 0.428. The van der Waals surface area contributed by atoms with Crippen molar-refractivity contribution in [2.24, 2.45) is 0 Å². The molecule has 1 aromatic carbocycles. The van der Waals surface area contributed by atoms with Gasteiger partial charge < -0.3 is 0 Å². The van der Waals surface area contributed by atoms with Crippen molar-refractivity contribution in [1.29, 1.82) is 10.5 Å². The van der Waals surface area contributed by atoms with Crippen LogP contribution in [0.2, 0.25) is 0 Å². The SMILES string of the molecule is Cc1ccc(C=C(C#N)C#N)cc1[N+](=O)[O-]. The highest BCUT2D eigenvalue weighted by molar-refractivity contribution is 5.64. The number of nitrogens with zero attached hydrogens (tertiary/aromatic N) is 3. The Bertz CT molecular complexity index is 531. The van der Waals surface area contributed by atoms with Gasteiger partial charge in [0, 0.05) is 11.6 Å². The lowest BCUT2D eigenvalue weighted by Crippen LogP contribution is -1.92. The highest BCUT2D eigenvalue weighted by Crippen LogP contribution is 2.20. The van der Waals surface area contributed by atoms with Gasteiger partial charge in [-0.3, -0.25) is 10.1 Å². The number of benzene rings is 1. The third kappa shape index (κ3) is 2.43. The first-order valence-electron chi connectivity index (χ1n) is 4.35. The normalized spacial score (nSPS) is 8.69. The minimum atomic E-state index is -0.495. The number of nitro groups is 1. The molecule has 1 rings (SSSR count). The van der Waals surface area contributed by atoms with Crippen molar-refractivity contribution in [2.45, 2.75) is 6.92 Å². The van der Waals surface area contributed by atoms with Crippen molar-refractivity contribution in [3.63, 3.8) is 0 Å². The fourth-order valence-corrected chi connectivity index (χ4v) is 1.17. The van der Waals surface area contributed by atoms with Crippen molar-refractivity contribution in [2.75, 3.05) is 0 Å². The molecule has 0 atom stereocenters. The van der Waals surface area contributed by atoms with Gasteiger partial charge in [-0.2, -0.15) is 10.5 Å². The lowest BCUT2D eigenvalue weighted by atomic mass is 10.1. The maximum atomic E-state index is 10.7. The molecule has 0 aromatic heterocycles. The van der Waals surface area contributed by atoms with E-state index < -0.39 is 4.92 Å². The summed E-state index contributed by atoms with van der Waals surface area (Å²) in [5, 5.41) is 27.7. The van der Waals surface area contributed by atoms with Crippen LogP contribution in [-0.2, 0) is 0 Å². The Balaban J connectivity index is 3.26. The van der Waals surface area contributed by atoms with E-state index in [4.69, 9.17) is 10.5 Å². The monoisotopic (exact) mass is 213 g/mol. The molecular weight excluding hydrogens is 206 g/mol. The van der Waals surface area contributed by atoms with Gasteiger partial charge in [-0.15, -0.1) is 0 Å². The Morgan fingerprint density at radius 1 is 1.44 bits per heavy atom. The van der Waals surface area contributed by atoms with E-state index in [1.165, 1.54) is 12.1 Å². The number of nitriles is 2. The number of nitro benzene ring substituents is 1. The van der Waals surface area contributed by atoms with Crippen molar-refractivity contribution < 1.29 is 4.92 Å². The van der Waals surface area contributed by atoms with E-state index in [2.05, 4.69) is 0 Å². The van der Waals surface area contributed by atoms with Gasteiger partial charge in [-0.05, 0) is 18.6 Å². The molecule has 78 valence electrons. The van der Waals surface area contributed by atoms with E-state index in [0.29, 0.717) is 11.1 Å². The fraction of sp³-hybridized carbons (Fsp3) is 0.0909. The fourth-order valence-electron chi connectivity index (χ4n) is 1.17. The van der Waals surface area contributed by atoms with E-state index in [1.54, 1.807) is 31.2 Å². The molecule has 1 aromatic rings. The molecule has 0 heterocycles. The van der Waals surface area contributed by atoms with Crippen LogP contribution >= 0.6 is 0 Å². The zero-order valence-electron chi connectivity index (χ0n) is 8.47. The average molecular weight is 213 g/mol. The molecule has 0 radical (unpaired) electrons. The van der Waals surface area contributed by atoms with Crippen LogP contribution in [0, 0.1) is 39.7 Å². The first kappa shape index (κ1) is 11.4. The van der Waals surface area contributed by atoms with Gasteiger partial charge >= 0.3 is 0 Å². The van der Waals surface area contributed by atoms with Crippen LogP contribution in [0.3, 0.4) is 0 Å². The summed E-state index contributed by atoms with van der Waals surface area (Å²) in [6.07, 6.45) is 1.31. The standard InChI is InChI=1S/C11H7N3O2/c1-8-2-3-9(4-10(6-12)7-13)5-11(8)14(15)16/h2-5H,1H3. The van der Waals surface area contributed by atoms with Crippen molar-refractivity contribution >= 4 is 11.8 Å². The molecule has 0 aliphatic carbocycles. The Kier molecular flexibility index (Phi) is 3.37. The second kappa shape index (κ2) is 4.72. The van der Waals surface area contributed by atoms with Gasteiger partial charge in [0.05, 0.1) is 4.92 Å². The van der Waals surface area contributed by atoms with Gasteiger partial charge in [0.15, 0.2) is 0 Å². The van der Waals surface area contributed by atoms with E-state index in [1.807, 2.05) is 0 Å². The summed E-state index contributed by atoms with van der Waals surface area (Å²) in [5.74, 6) is 0. The van der Waals surface area contributed by atoms with Crippen LogP contribution in [0.4, 0.5) is 5.69 Å². The van der Waals surface area contributed by atoms with E-state index in [-0.39, 0.29) is 11.3 Å². The zero-order valence-corrected chi connectivity index (χ0v) is 8.47. The average Bonchev–Trinajstić information content (AvgIpc) is 2.27. The highest BCUT2D eigenvalue weighted by atomic mass is 16.6. The predicted molar refractivity (Wildman–Crippen MR) is 57.0 cm³/mol. The highest BCUT2D eigenvalue weighted by Gasteiger charge is 2.10. The van der Waals surface area contributed by atoms with Gasteiger partial charge in [0.25, 0.3) is 5.69 Å². The third-order valence-corrected chi connectivity index (χ3v) is 1.98. The Hall–Kier alpha value is -2.66. The maximum Gasteiger partial charge on any atom is 0.272 e. The number of rotatable bonds is 2. The topological polar surface area (TPSA) is 90.7 Å². The van der Waals surface area contributed by atoms with Gasteiger partial charge in [-0.1, -0.05) is 12.1 Å². The lowest BCUT2D eigenvalue weighted by Gasteiger charge is -1.98. The smallest absolute Gasteiger partial charge is 0.258 e. The summed E-state index contributed by atoms with van der Waals surface area (Å²) in [5.41, 5.74) is 0.898. The molecule has 5 heteroatoms. The molecule has 0 aliphatic rings. The summed E-state index contributed by atoms with van der Waals surface area (Å²) >= 11 is 0. The third-order valence-electron chi connectivity index (χ3n) is 1.98. The maximum absolute atomic E-state index is 10.7. The molecule has 16 heavy (non-hydrogen) atoms. The summed E-state index contributed by atoms with van der Waals surface area (Å²) in [4.78, 5) is 10.2. The van der Waals surface area contributed by atoms with Gasteiger partial charge in [0.2, 0.25) is 0 Å². The van der Waals surface area contributed by atoms with E-state index >= 15 is 0 Å². The van der Waals surface area contributed by atoms with Crippen molar-refractivity contribution in [3.8, 4) is 12.1 Å². The van der Waals surface area contributed by atoms with Crippen molar-refractivity contribution in [3.05, 3.63) is 45.0 Å². The number of allylic oxidation sites excluding steroid dienone is 1. The molecule has 0 N–H and O–H groups in total. The summed E-state index contributed by atoms with van der Waals surface area (Å²) in [6, 6.07) is 7.93. The molecular formula is C11H7N3O2. The zero-order chi connectivity index (χ0) is 12.1. The predicted octanol–water partition coefficient (Wildman–Crippen LogP) is 2.33. The number of hydrogen-bond acceptors (Lipinski definition) is 4. The first-order valence-corrected chi connectivity index (χ1v) is 4.35. The van der Waals surface area contributed by atoms with Crippen LogP contribution in [0.25, 0.3) is 6.08 Å². The molecule has 0 fully saturated rings. The lowest BCUT2D eigenvalue weighted by molar-refractivity contribution is -0.385. The minimum absolute atomic E-state index is 0.0241. The Labute approximate surface area is 92.0 Å². The Morgan fingerprint density at radius 3 is 2.56 bits per heavy atom. The minimum Gasteiger partial charge on any atom is -0.258 e. The summed E-state index contributed by atoms with van der Waals surface area (Å²) < 4.78 is 0. The summed E-state index contributed by atoms with van der Waals surface area (Å²) in [7, 11) is 0. The Morgan fingerprint density at radius 2 is 2.06 bits per heavy atom. The molecule has 0 saturated carbocycles. The molecule has 0 aliphatic heterocycles.